The molecule has 0 saturated carbocycles. The summed E-state index contributed by atoms with van der Waals surface area (Å²) in [6, 6.07) is 12.9. The Morgan fingerprint density at radius 2 is 1.28 bits per heavy atom. The maximum absolute atomic E-state index is 11.3. The third kappa shape index (κ3) is 8.43. The van der Waals surface area contributed by atoms with E-state index in [2.05, 4.69) is 38.6 Å². The van der Waals surface area contributed by atoms with Crippen LogP contribution in [0.15, 0.2) is 36.4 Å². The maximum atomic E-state index is 11.3. The number of hydrogen-bond donors (Lipinski definition) is 2. The summed E-state index contributed by atoms with van der Waals surface area (Å²) < 4.78 is 0. The van der Waals surface area contributed by atoms with Gasteiger partial charge in [0.1, 0.15) is 0 Å². The summed E-state index contributed by atoms with van der Waals surface area (Å²) in [6.07, 6.45) is 7.61. The molecule has 0 aliphatic carbocycles. The number of hydrogen-bond acceptors (Lipinski definition) is 4. The molecule has 212 valence electrons. The fourth-order valence-electron chi connectivity index (χ4n) is 6.88. The second-order valence-corrected chi connectivity index (χ2v) is 12.9. The van der Waals surface area contributed by atoms with E-state index in [0.717, 1.165) is 63.0 Å². The van der Waals surface area contributed by atoms with E-state index in [-0.39, 0.29) is 5.91 Å². The molecule has 0 aromatic heterocycles. The van der Waals surface area contributed by atoms with Crippen molar-refractivity contribution in [1.82, 2.24) is 20.4 Å². The average molecular weight is 572 g/mol. The van der Waals surface area contributed by atoms with E-state index in [1.165, 1.54) is 68.6 Å². The number of benzene rings is 2. The van der Waals surface area contributed by atoms with E-state index < -0.39 is 0 Å². The second-order valence-electron chi connectivity index (χ2n) is 12.1. The minimum absolute atomic E-state index is 0.0680. The van der Waals surface area contributed by atoms with Crippen LogP contribution in [0.25, 0.3) is 11.1 Å². The number of nitrogens with one attached hydrogen (secondary N) is 2. The lowest BCUT2D eigenvalue weighted by Gasteiger charge is -2.38. The molecule has 2 N–H and O–H groups in total. The van der Waals surface area contributed by atoms with Crippen LogP contribution in [0.1, 0.15) is 56.6 Å². The van der Waals surface area contributed by atoms with Crippen LogP contribution in [0.4, 0.5) is 0 Å². The lowest BCUT2D eigenvalue weighted by Crippen LogP contribution is -2.39. The summed E-state index contributed by atoms with van der Waals surface area (Å²) in [5.41, 5.74) is 4.99. The molecule has 5 rings (SSSR count). The molecule has 5 nitrogen and oxygen atoms in total. The first-order chi connectivity index (χ1) is 18.9. The molecule has 7 heteroatoms. The summed E-state index contributed by atoms with van der Waals surface area (Å²) in [7, 11) is 0. The number of amides is 1. The van der Waals surface area contributed by atoms with Crippen LogP contribution in [-0.4, -0.2) is 61.5 Å². The van der Waals surface area contributed by atoms with E-state index in [1.807, 2.05) is 12.1 Å². The van der Waals surface area contributed by atoms with Crippen molar-refractivity contribution in [2.45, 2.75) is 58.5 Å². The van der Waals surface area contributed by atoms with Crippen molar-refractivity contribution in [2.24, 2.45) is 17.8 Å². The number of nitrogens with zero attached hydrogens (tertiary/aromatic N) is 2. The van der Waals surface area contributed by atoms with Gasteiger partial charge in [0.15, 0.2) is 0 Å². The van der Waals surface area contributed by atoms with E-state index in [9.17, 15) is 4.79 Å². The van der Waals surface area contributed by atoms with Crippen LogP contribution in [0, 0.1) is 17.8 Å². The zero-order valence-electron chi connectivity index (χ0n) is 23.4. The Bertz CT molecular complexity index is 1080. The van der Waals surface area contributed by atoms with Crippen molar-refractivity contribution in [3.63, 3.8) is 0 Å². The van der Waals surface area contributed by atoms with Crippen molar-refractivity contribution in [2.75, 3.05) is 45.8 Å². The van der Waals surface area contributed by atoms with Crippen LogP contribution in [0.5, 0.6) is 0 Å². The van der Waals surface area contributed by atoms with Gasteiger partial charge in [0, 0.05) is 36.6 Å². The number of rotatable bonds is 8. The molecule has 2 aromatic rings. The van der Waals surface area contributed by atoms with Crippen molar-refractivity contribution in [1.29, 1.82) is 0 Å². The third-order valence-corrected chi connectivity index (χ3v) is 9.53. The van der Waals surface area contributed by atoms with Gasteiger partial charge in [-0.05, 0) is 148 Å². The molecule has 0 bridgehead atoms. The Morgan fingerprint density at radius 3 is 1.85 bits per heavy atom. The fraction of sp³-hybridized carbons (Fsp3) is 0.594. The van der Waals surface area contributed by atoms with Crippen molar-refractivity contribution >= 4 is 29.1 Å². The van der Waals surface area contributed by atoms with E-state index in [1.54, 1.807) is 13.0 Å². The van der Waals surface area contributed by atoms with Crippen LogP contribution in [-0.2, 0) is 17.9 Å². The number of halogens is 2. The normalized spacial score (nSPS) is 20.8. The van der Waals surface area contributed by atoms with Gasteiger partial charge in [-0.1, -0.05) is 29.3 Å². The smallest absolute Gasteiger partial charge is 0.216 e. The molecule has 3 aliphatic rings. The molecule has 2 aromatic carbocycles. The van der Waals surface area contributed by atoms with Crippen molar-refractivity contribution < 1.29 is 4.79 Å². The number of piperidine rings is 3. The minimum Gasteiger partial charge on any atom is -0.356 e. The molecule has 1 amide bonds. The summed E-state index contributed by atoms with van der Waals surface area (Å²) in [6.45, 7) is 11.2. The van der Waals surface area contributed by atoms with Gasteiger partial charge in [0.25, 0.3) is 0 Å². The topological polar surface area (TPSA) is 47.6 Å². The zero-order chi connectivity index (χ0) is 27.2. The van der Waals surface area contributed by atoms with Crippen LogP contribution < -0.4 is 10.6 Å². The predicted molar refractivity (Wildman–Crippen MR) is 162 cm³/mol. The van der Waals surface area contributed by atoms with Gasteiger partial charge in [-0.15, -0.1) is 0 Å². The summed E-state index contributed by atoms with van der Waals surface area (Å²) in [5, 5.41) is 7.86. The van der Waals surface area contributed by atoms with Gasteiger partial charge in [0.2, 0.25) is 5.91 Å². The molecule has 0 unspecified atom stereocenters. The third-order valence-electron chi connectivity index (χ3n) is 9.09. The molecule has 3 fully saturated rings. The SMILES string of the molecule is CC(=O)NCC1CCN(Cc2cc(CN3CCC(C4CCNCC4)CC3)cc(-c3cc(Cl)cc(Cl)c3)c2)CC1. The molecule has 3 heterocycles. The first-order valence-corrected chi connectivity index (χ1v) is 15.7. The summed E-state index contributed by atoms with van der Waals surface area (Å²) >= 11 is 12.8. The largest absolute Gasteiger partial charge is 0.356 e. The minimum atomic E-state index is 0.0680. The molecular formula is C32H44Cl2N4O. The maximum Gasteiger partial charge on any atom is 0.216 e. The van der Waals surface area contributed by atoms with Gasteiger partial charge in [-0.25, -0.2) is 0 Å². The van der Waals surface area contributed by atoms with Gasteiger partial charge in [-0.2, -0.15) is 0 Å². The predicted octanol–water partition coefficient (Wildman–Crippen LogP) is 6.22. The first-order valence-electron chi connectivity index (χ1n) is 14.9. The molecular weight excluding hydrogens is 527 g/mol. The molecule has 0 radical (unpaired) electrons. The van der Waals surface area contributed by atoms with Crippen LogP contribution >= 0.6 is 23.2 Å². The van der Waals surface area contributed by atoms with Gasteiger partial charge < -0.3 is 10.6 Å². The van der Waals surface area contributed by atoms with E-state index in [0.29, 0.717) is 16.0 Å². The Morgan fingerprint density at radius 1 is 0.769 bits per heavy atom. The monoisotopic (exact) mass is 570 g/mol. The highest BCUT2D eigenvalue weighted by Gasteiger charge is 2.27. The zero-order valence-corrected chi connectivity index (χ0v) is 24.9. The highest BCUT2D eigenvalue weighted by atomic mass is 35.5. The number of likely N-dealkylation sites (tertiary alicyclic amines) is 2. The Kier molecular flexibility index (Phi) is 10.2. The Labute approximate surface area is 244 Å². The summed E-state index contributed by atoms with van der Waals surface area (Å²) in [5.74, 6) is 2.46. The highest BCUT2D eigenvalue weighted by Crippen LogP contribution is 2.33. The highest BCUT2D eigenvalue weighted by molar-refractivity contribution is 6.35. The summed E-state index contributed by atoms with van der Waals surface area (Å²) in [4.78, 5) is 16.5. The Balaban J connectivity index is 1.26. The lowest BCUT2D eigenvalue weighted by molar-refractivity contribution is -0.119. The van der Waals surface area contributed by atoms with E-state index >= 15 is 0 Å². The van der Waals surface area contributed by atoms with Gasteiger partial charge in [0.05, 0.1) is 0 Å². The van der Waals surface area contributed by atoms with Crippen molar-refractivity contribution in [3.8, 4) is 11.1 Å². The Hall–Kier alpha value is -1.63. The number of carbonyl (C=O) groups is 1. The average Bonchev–Trinajstić information content (AvgIpc) is 2.93. The second kappa shape index (κ2) is 13.8. The van der Waals surface area contributed by atoms with Crippen LogP contribution in [0.2, 0.25) is 10.0 Å². The van der Waals surface area contributed by atoms with Crippen LogP contribution in [0.3, 0.4) is 0 Å². The molecule has 3 aliphatic heterocycles. The quantitative estimate of drug-likeness (QED) is 0.395. The lowest BCUT2D eigenvalue weighted by atomic mass is 9.79. The molecule has 39 heavy (non-hydrogen) atoms. The van der Waals surface area contributed by atoms with Gasteiger partial charge in [-0.3, -0.25) is 14.6 Å². The molecule has 0 atom stereocenters. The fourth-order valence-corrected chi connectivity index (χ4v) is 7.41. The first kappa shape index (κ1) is 28.9. The molecule has 0 spiro atoms. The van der Waals surface area contributed by atoms with E-state index in [4.69, 9.17) is 23.2 Å². The number of carbonyl (C=O) groups excluding carboxylic acids is 1. The standard InChI is InChI=1S/C32H44Cl2N4O/c1-23(39)36-20-24-4-10-37(11-5-24)21-25-14-26(16-29(15-25)30-17-31(33)19-32(34)18-30)22-38-12-6-28(7-13-38)27-2-8-35-9-3-27/h14-19,24,27-28,35H,2-13,20-22H2,1H3,(H,36,39). The van der Waals surface area contributed by atoms with Crippen molar-refractivity contribution in [3.05, 3.63) is 57.6 Å². The van der Waals surface area contributed by atoms with Gasteiger partial charge >= 0.3 is 0 Å². The molecule has 3 saturated heterocycles.